The molecule has 0 saturated heterocycles. The van der Waals surface area contributed by atoms with Crippen LogP contribution in [0.4, 0.5) is 0 Å². The second-order valence-corrected chi connectivity index (χ2v) is 6.27. The molecule has 3 atom stereocenters. The highest BCUT2D eigenvalue weighted by Crippen LogP contribution is 2.28. The average Bonchev–Trinajstić information content (AvgIpc) is 2.12. The third kappa shape index (κ3) is 5.31. The van der Waals surface area contributed by atoms with Crippen LogP contribution < -0.4 is 5.32 Å². The summed E-state index contributed by atoms with van der Waals surface area (Å²) in [7, 11) is 4.30. The number of nitrogens with zero attached hydrogens (tertiary/aromatic N) is 1. The Morgan fingerprint density at radius 3 is 2.19 bits per heavy atom. The van der Waals surface area contributed by atoms with E-state index in [2.05, 4.69) is 45.1 Å². The minimum absolute atomic E-state index is 0.657. The van der Waals surface area contributed by atoms with Crippen LogP contribution in [0.15, 0.2) is 0 Å². The van der Waals surface area contributed by atoms with Gasteiger partial charge in [0.2, 0.25) is 0 Å². The van der Waals surface area contributed by atoms with Crippen molar-refractivity contribution in [2.75, 3.05) is 20.6 Å². The van der Waals surface area contributed by atoms with Gasteiger partial charge in [-0.05, 0) is 65.1 Å². The highest BCUT2D eigenvalue weighted by atomic mass is 15.1. The maximum absolute atomic E-state index is 3.81. The molecule has 0 radical (unpaired) electrons. The molecule has 1 aliphatic carbocycles. The van der Waals surface area contributed by atoms with E-state index in [1.807, 2.05) is 0 Å². The van der Waals surface area contributed by atoms with Gasteiger partial charge in [0.05, 0.1) is 0 Å². The van der Waals surface area contributed by atoms with E-state index in [0.29, 0.717) is 6.04 Å². The van der Waals surface area contributed by atoms with Crippen LogP contribution in [0.5, 0.6) is 0 Å². The fraction of sp³-hybridized carbons (Fsp3) is 1.00. The van der Waals surface area contributed by atoms with Crippen LogP contribution >= 0.6 is 0 Å². The Balaban J connectivity index is 2.24. The van der Waals surface area contributed by atoms with E-state index in [1.54, 1.807) is 0 Å². The predicted octanol–water partition coefficient (Wildman–Crippen LogP) is 2.74. The van der Waals surface area contributed by atoms with Crippen LogP contribution in [0.3, 0.4) is 0 Å². The summed E-state index contributed by atoms with van der Waals surface area (Å²) in [5, 5.41) is 3.81. The summed E-state index contributed by atoms with van der Waals surface area (Å²) < 4.78 is 0. The lowest BCUT2D eigenvalue weighted by Crippen LogP contribution is -2.42. The molecule has 0 bridgehead atoms. The Kier molecular flexibility index (Phi) is 5.77. The highest BCUT2D eigenvalue weighted by molar-refractivity contribution is 4.81. The van der Waals surface area contributed by atoms with E-state index >= 15 is 0 Å². The molecule has 0 amide bonds. The van der Waals surface area contributed by atoms with E-state index in [0.717, 1.165) is 17.9 Å². The second-order valence-electron chi connectivity index (χ2n) is 6.27. The van der Waals surface area contributed by atoms with Crippen molar-refractivity contribution in [1.82, 2.24) is 10.2 Å². The minimum Gasteiger partial charge on any atom is -0.311 e. The van der Waals surface area contributed by atoms with Gasteiger partial charge in [-0.1, -0.05) is 13.8 Å². The minimum atomic E-state index is 0.657. The molecule has 1 N–H and O–H groups in total. The van der Waals surface area contributed by atoms with Gasteiger partial charge in [-0.25, -0.2) is 0 Å². The molecule has 96 valence electrons. The summed E-state index contributed by atoms with van der Waals surface area (Å²) in [4.78, 5) is 2.27. The summed E-state index contributed by atoms with van der Waals surface area (Å²) in [6.07, 6.45) is 5.42. The molecular formula is C14H30N2. The molecule has 1 aliphatic rings. The van der Waals surface area contributed by atoms with Crippen LogP contribution in [0.25, 0.3) is 0 Å². The van der Waals surface area contributed by atoms with Gasteiger partial charge in [-0.2, -0.15) is 0 Å². The summed E-state index contributed by atoms with van der Waals surface area (Å²) in [5.41, 5.74) is 0. The maximum Gasteiger partial charge on any atom is 0.00746 e. The predicted molar refractivity (Wildman–Crippen MR) is 71.7 cm³/mol. The zero-order valence-electron chi connectivity index (χ0n) is 11.8. The first-order valence-corrected chi connectivity index (χ1v) is 6.88. The summed E-state index contributed by atoms with van der Waals surface area (Å²) in [6.45, 7) is 8.31. The van der Waals surface area contributed by atoms with Gasteiger partial charge in [0, 0.05) is 12.1 Å². The molecule has 1 saturated carbocycles. The third-order valence-corrected chi connectivity index (χ3v) is 3.71. The lowest BCUT2D eigenvalue weighted by Gasteiger charge is -2.34. The first kappa shape index (κ1) is 14.0. The van der Waals surface area contributed by atoms with E-state index < -0.39 is 0 Å². The lowest BCUT2D eigenvalue weighted by atomic mass is 9.80. The van der Waals surface area contributed by atoms with Crippen LogP contribution in [-0.4, -0.2) is 37.6 Å². The van der Waals surface area contributed by atoms with Crippen molar-refractivity contribution in [1.29, 1.82) is 0 Å². The fourth-order valence-electron chi connectivity index (χ4n) is 3.02. The fourth-order valence-corrected chi connectivity index (χ4v) is 3.02. The summed E-state index contributed by atoms with van der Waals surface area (Å²) in [6, 6.07) is 1.42. The van der Waals surface area contributed by atoms with Gasteiger partial charge < -0.3 is 10.2 Å². The number of rotatable bonds is 5. The molecule has 16 heavy (non-hydrogen) atoms. The van der Waals surface area contributed by atoms with Gasteiger partial charge in [0.1, 0.15) is 0 Å². The van der Waals surface area contributed by atoms with Crippen molar-refractivity contribution in [3.8, 4) is 0 Å². The first-order valence-electron chi connectivity index (χ1n) is 6.88. The van der Waals surface area contributed by atoms with Crippen LogP contribution in [0.2, 0.25) is 0 Å². The Morgan fingerprint density at radius 2 is 1.69 bits per heavy atom. The maximum atomic E-state index is 3.81. The number of hydrogen-bond acceptors (Lipinski definition) is 2. The molecule has 3 unspecified atom stereocenters. The van der Waals surface area contributed by atoms with Crippen molar-refractivity contribution in [2.45, 2.75) is 58.5 Å². The van der Waals surface area contributed by atoms with Crippen molar-refractivity contribution >= 4 is 0 Å². The van der Waals surface area contributed by atoms with Crippen molar-refractivity contribution in [3.05, 3.63) is 0 Å². The van der Waals surface area contributed by atoms with Crippen LogP contribution in [0, 0.1) is 11.8 Å². The molecular weight excluding hydrogens is 196 g/mol. The highest BCUT2D eigenvalue weighted by Gasteiger charge is 2.24. The van der Waals surface area contributed by atoms with Gasteiger partial charge >= 0.3 is 0 Å². The van der Waals surface area contributed by atoms with E-state index in [4.69, 9.17) is 0 Å². The van der Waals surface area contributed by atoms with E-state index in [1.165, 1.54) is 32.2 Å². The topological polar surface area (TPSA) is 15.3 Å². The monoisotopic (exact) mass is 226 g/mol. The number of hydrogen-bond donors (Lipinski definition) is 1. The molecule has 2 nitrogen and oxygen atoms in total. The molecule has 0 heterocycles. The third-order valence-electron chi connectivity index (χ3n) is 3.71. The largest absolute Gasteiger partial charge is 0.311 e. The SMILES string of the molecule is CC1CC(C)CC(NC(C)CCN(C)C)C1. The average molecular weight is 226 g/mol. The Morgan fingerprint density at radius 1 is 1.12 bits per heavy atom. The molecule has 1 rings (SSSR count). The van der Waals surface area contributed by atoms with E-state index in [9.17, 15) is 0 Å². The van der Waals surface area contributed by atoms with E-state index in [-0.39, 0.29) is 0 Å². The normalized spacial score (nSPS) is 33.0. The molecule has 1 fully saturated rings. The van der Waals surface area contributed by atoms with Gasteiger partial charge in [-0.3, -0.25) is 0 Å². The summed E-state index contributed by atoms with van der Waals surface area (Å²) >= 11 is 0. The van der Waals surface area contributed by atoms with Crippen molar-refractivity contribution < 1.29 is 0 Å². The summed E-state index contributed by atoms with van der Waals surface area (Å²) in [5.74, 6) is 1.81. The van der Waals surface area contributed by atoms with Crippen LogP contribution in [-0.2, 0) is 0 Å². The molecule has 0 aliphatic heterocycles. The van der Waals surface area contributed by atoms with Crippen molar-refractivity contribution in [2.24, 2.45) is 11.8 Å². The first-order chi connectivity index (χ1) is 7.47. The zero-order chi connectivity index (χ0) is 12.1. The number of nitrogens with one attached hydrogen (secondary N) is 1. The quantitative estimate of drug-likeness (QED) is 0.775. The second kappa shape index (κ2) is 6.61. The van der Waals surface area contributed by atoms with Gasteiger partial charge in [0.15, 0.2) is 0 Å². The molecule has 2 heteroatoms. The van der Waals surface area contributed by atoms with Crippen LogP contribution in [0.1, 0.15) is 46.5 Å². The molecule has 0 aromatic carbocycles. The molecule has 0 aromatic rings. The Hall–Kier alpha value is -0.0800. The van der Waals surface area contributed by atoms with Gasteiger partial charge in [-0.15, -0.1) is 0 Å². The van der Waals surface area contributed by atoms with Gasteiger partial charge in [0.25, 0.3) is 0 Å². The Bertz CT molecular complexity index is 181. The lowest BCUT2D eigenvalue weighted by molar-refractivity contribution is 0.222. The molecule has 0 aromatic heterocycles. The Labute approximate surface area is 102 Å². The smallest absolute Gasteiger partial charge is 0.00746 e. The van der Waals surface area contributed by atoms with Crippen molar-refractivity contribution in [3.63, 3.8) is 0 Å². The molecule has 0 spiro atoms. The standard InChI is InChI=1S/C14H30N2/c1-11-8-12(2)10-14(9-11)15-13(3)6-7-16(4)5/h11-15H,6-10H2,1-5H3. The zero-order valence-corrected chi connectivity index (χ0v) is 11.8.